The fraction of sp³-hybridized carbons (Fsp3) is 0. The highest BCUT2D eigenvalue weighted by Gasteiger charge is 2.21. The first-order chi connectivity index (χ1) is 9.54. The lowest BCUT2D eigenvalue weighted by Gasteiger charge is -1.95. The Morgan fingerprint density at radius 2 is 2.20 bits per heavy atom. The molecule has 1 fully saturated rings. The first-order valence-electron chi connectivity index (χ1n) is 5.50. The summed E-state index contributed by atoms with van der Waals surface area (Å²) in [7, 11) is 0. The van der Waals surface area contributed by atoms with E-state index in [1.165, 1.54) is 12.3 Å². The maximum Gasteiger partial charge on any atom is 0.288 e. The Bertz CT molecular complexity index is 794. The molecule has 1 amide bonds. The van der Waals surface area contributed by atoms with Crippen LogP contribution in [0.2, 0.25) is 0 Å². The number of nitrogens with zero attached hydrogens (tertiary/aromatic N) is 2. The van der Waals surface area contributed by atoms with Crippen LogP contribution in [0.3, 0.4) is 0 Å². The minimum absolute atomic E-state index is 0.115. The van der Waals surface area contributed by atoms with Crippen molar-refractivity contribution in [1.29, 1.82) is 0 Å². The molecule has 100 valence electrons. The minimum Gasteiger partial charge on any atom is -0.346 e. The number of thiocarbonyl (C=S) groups is 1. The number of nitro groups is 1. The molecule has 1 aliphatic heterocycles. The molecule has 2 aromatic heterocycles. The number of rotatable bonds is 2. The van der Waals surface area contributed by atoms with Gasteiger partial charge in [-0.15, -0.1) is 0 Å². The fourth-order valence-corrected chi connectivity index (χ4v) is 2.07. The monoisotopic (exact) mass is 289 g/mol. The lowest BCUT2D eigenvalue weighted by atomic mass is 10.2. The van der Waals surface area contributed by atoms with Crippen LogP contribution in [0.4, 0.5) is 5.69 Å². The molecule has 0 unspecified atom stereocenters. The van der Waals surface area contributed by atoms with Crippen LogP contribution in [0.5, 0.6) is 0 Å². The van der Waals surface area contributed by atoms with Gasteiger partial charge in [-0.05, 0) is 18.3 Å². The van der Waals surface area contributed by atoms with Gasteiger partial charge in [0.1, 0.15) is 17.5 Å². The van der Waals surface area contributed by atoms with E-state index in [4.69, 9.17) is 12.2 Å². The number of amides is 1. The lowest BCUT2D eigenvalue weighted by Crippen LogP contribution is -2.21. The van der Waals surface area contributed by atoms with E-state index in [0.717, 1.165) is 0 Å². The minimum atomic E-state index is -0.522. The third-order valence-electron chi connectivity index (χ3n) is 2.78. The summed E-state index contributed by atoms with van der Waals surface area (Å²) in [4.78, 5) is 28.6. The number of aromatic amines is 1. The summed E-state index contributed by atoms with van der Waals surface area (Å²) in [5, 5.41) is 16.7. The van der Waals surface area contributed by atoms with Crippen LogP contribution in [-0.2, 0) is 4.79 Å². The van der Waals surface area contributed by atoms with Gasteiger partial charge in [-0.25, -0.2) is 4.98 Å². The van der Waals surface area contributed by atoms with Crippen LogP contribution in [0.25, 0.3) is 17.1 Å². The van der Waals surface area contributed by atoms with Gasteiger partial charge in [0.25, 0.3) is 11.6 Å². The third-order valence-corrected chi connectivity index (χ3v) is 2.98. The molecule has 3 heterocycles. The number of pyridine rings is 1. The summed E-state index contributed by atoms with van der Waals surface area (Å²) in [6.45, 7) is 0. The van der Waals surface area contributed by atoms with E-state index in [-0.39, 0.29) is 22.4 Å². The number of aromatic nitrogens is 2. The number of carbonyl (C=O) groups excluding carboxylic acids is 1. The predicted octanol–water partition coefficient (Wildman–Crippen LogP) is 0.816. The van der Waals surface area contributed by atoms with Crippen molar-refractivity contribution in [2.45, 2.75) is 0 Å². The summed E-state index contributed by atoms with van der Waals surface area (Å²) in [5.41, 5.74) is 1.28. The summed E-state index contributed by atoms with van der Waals surface area (Å²) in [6, 6.07) is 1.40. The molecule has 2 aromatic rings. The van der Waals surface area contributed by atoms with E-state index in [0.29, 0.717) is 16.6 Å². The maximum atomic E-state index is 11.6. The van der Waals surface area contributed by atoms with Gasteiger partial charge >= 0.3 is 0 Å². The molecule has 1 aliphatic rings. The molecular formula is C11H7N5O3S. The second kappa shape index (κ2) is 4.38. The summed E-state index contributed by atoms with van der Waals surface area (Å²) in [5.74, 6) is -0.345. The Morgan fingerprint density at radius 1 is 1.40 bits per heavy atom. The van der Waals surface area contributed by atoms with E-state index < -0.39 is 4.92 Å². The normalized spacial score (nSPS) is 16.5. The molecule has 0 bridgehead atoms. The number of hydrogen-bond acceptors (Lipinski definition) is 5. The van der Waals surface area contributed by atoms with Crippen molar-refractivity contribution in [3.05, 3.63) is 39.8 Å². The van der Waals surface area contributed by atoms with Gasteiger partial charge in [0.05, 0.1) is 4.92 Å². The largest absolute Gasteiger partial charge is 0.346 e. The van der Waals surface area contributed by atoms with Gasteiger partial charge in [-0.1, -0.05) is 0 Å². The predicted molar refractivity (Wildman–Crippen MR) is 74.6 cm³/mol. The van der Waals surface area contributed by atoms with Crippen LogP contribution in [0, 0.1) is 10.1 Å². The highest BCUT2D eigenvalue weighted by Crippen LogP contribution is 2.23. The molecule has 0 aromatic carbocycles. The van der Waals surface area contributed by atoms with E-state index in [2.05, 4.69) is 20.6 Å². The van der Waals surface area contributed by atoms with Gasteiger partial charge in [-0.2, -0.15) is 0 Å². The first-order valence-corrected chi connectivity index (χ1v) is 5.91. The third kappa shape index (κ3) is 1.99. The fourth-order valence-electron chi connectivity index (χ4n) is 1.87. The topological polar surface area (TPSA) is 113 Å². The summed E-state index contributed by atoms with van der Waals surface area (Å²) >= 11 is 4.83. The first kappa shape index (κ1) is 12.2. The highest BCUT2D eigenvalue weighted by molar-refractivity contribution is 7.80. The Balaban J connectivity index is 2.10. The van der Waals surface area contributed by atoms with E-state index in [9.17, 15) is 14.9 Å². The van der Waals surface area contributed by atoms with Crippen molar-refractivity contribution < 1.29 is 9.72 Å². The Kier molecular flexibility index (Phi) is 2.68. The van der Waals surface area contributed by atoms with Crippen molar-refractivity contribution in [2.75, 3.05) is 0 Å². The van der Waals surface area contributed by atoms with Crippen LogP contribution < -0.4 is 10.6 Å². The van der Waals surface area contributed by atoms with Crippen molar-refractivity contribution in [1.82, 2.24) is 20.6 Å². The molecule has 0 atom stereocenters. The quantitative estimate of drug-likeness (QED) is 0.326. The Morgan fingerprint density at radius 3 is 2.85 bits per heavy atom. The van der Waals surface area contributed by atoms with E-state index >= 15 is 0 Å². The van der Waals surface area contributed by atoms with Crippen LogP contribution in [0.1, 0.15) is 5.56 Å². The summed E-state index contributed by atoms with van der Waals surface area (Å²) in [6.07, 6.45) is 4.34. The molecule has 20 heavy (non-hydrogen) atoms. The van der Waals surface area contributed by atoms with Crippen LogP contribution in [-0.4, -0.2) is 25.9 Å². The van der Waals surface area contributed by atoms with Gasteiger partial charge in [0.2, 0.25) is 0 Å². The van der Waals surface area contributed by atoms with Crippen LogP contribution >= 0.6 is 12.2 Å². The smallest absolute Gasteiger partial charge is 0.288 e. The number of H-pyrrole nitrogens is 1. The van der Waals surface area contributed by atoms with E-state index in [1.54, 1.807) is 12.3 Å². The average molecular weight is 289 g/mol. The summed E-state index contributed by atoms with van der Waals surface area (Å²) < 4.78 is 0. The number of nitrogens with one attached hydrogen (secondary N) is 3. The Labute approximate surface area is 117 Å². The highest BCUT2D eigenvalue weighted by atomic mass is 32.1. The van der Waals surface area contributed by atoms with Gasteiger partial charge in [0.15, 0.2) is 5.11 Å². The van der Waals surface area contributed by atoms with Crippen molar-refractivity contribution in [3.63, 3.8) is 0 Å². The van der Waals surface area contributed by atoms with Crippen molar-refractivity contribution >= 4 is 46.0 Å². The molecule has 0 spiro atoms. The van der Waals surface area contributed by atoms with Crippen molar-refractivity contribution in [3.8, 4) is 0 Å². The SMILES string of the molecule is O=C1NC(=S)NC1=Cc1c[nH]c2ncc([N+](=O)[O-])cc12. The lowest BCUT2D eigenvalue weighted by molar-refractivity contribution is -0.385. The van der Waals surface area contributed by atoms with Gasteiger partial charge < -0.3 is 10.3 Å². The van der Waals surface area contributed by atoms with Crippen LogP contribution in [0.15, 0.2) is 24.2 Å². The average Bonchev–Trinajstić information content (AvgIpc) is 2.93. The van der Waals surface area contributed by atoms with Crippen molar-refractivity contribution in [2.24, 2.45) is 0 Å². The zero-order chi connectivity index (χ0) is 14.3. The second-order valence-electron chi connectivity index (χ2n) is 4.06. The van der Waals surface area contributed by atoms with Gasteiger partial charge in [-0.3, -0.25) is 20.2 Å². The number of carbonyl (C=O) groups is 1. The molecule has 0 saturated carbocycles. The molecule has 3 N–H and O–H groups in total. The maximum absolute atomic E-state index is 11.6. The molecule has 3 rings (SSSR count). The molecule has 1 saturated heterocycles. The number of hydrogen-bond donors (Lipinski definition) is 3. The molecular weight excluding hydrogens is 282 g/mol. The molecule has 8 nitrogen and oxygen atoms in total. The molecule has 0 radical (unpaired) electrons. The molecule has 9 heteroatoms. The van der Waals surface area contributed by atoms with E-state index in [1.807, 2.05) is 0 Å². The molecule has 0 aliphatic carbocycles. The standard InChI is InChI=1S/C11H7N5O3S/c17-10-8(14-11(20)15-10)1-5-3-12-9-7(5)2-6(4-13-9)16(18)19/h1-4H,(H,12,13)(H2,14,15,17,20). The van der Waals surface area contributed by atoms with Gasteiger partial charge in [0, 0.05) is 23.2 Å². The number of fused-ring (bicyclic) bond motifs is 1. The zero-order valence-electron chi connectivity index (χ0n) is 9.84. The zero-order valence-corrected chi connectivity index (χ0v) is 10.7. The Hall–Kier alpha value is -2.81. The second-order valence-corrected chi connectivity index (χ2v) is 4.47.